The van der Waals surface area contributed by atoms with Crippen molar-refractivity contribution in [3.8, 4) is 0 Å². The van der Waals surface area contributed by atoms with Crippen LogP contribution in [0.3, 0.4) is 0 Å². The van der Waals surface area contributed by atoms with Crippen LogP contribution < -0.4 is 16.4 Å². The van der Waals surface area contributed by atoms with Gasteiger partial charge in [-0.3, -0.25) is 0 Å². The van der Waals surface area contributed by atoms with Crippen LogP contribution in [-0.2, 0) is 0 Å². The molecule has 4 N–H and O–H groups in total. The van der Waals surface area contributed by atoms with Crippen molar-refractivity contribution >= 4 is 29.1 Å². The SMILES string of the molecule is Cc1cnc(NC(C)CCC(C)C)nc1/C(N)=C1/NC(c2ccccc2)=CS1. The summed E-state index contributed by atoms with van der Waals surface area (Å²) in [4.78, 5) is 9.14. The van der Waals surface area contributed by atoms with Crippen molar-refractivity contribution in [1.82, 2.24) is 15.3 Å². The first-order chi connectivity index (χ1) is 13.4. The minimum absolute atomic E-state index is 0.317. The summed E-state index contributed by atoms with van der Waals surface area (Å²) in [5.41, 5.74) is 11.0. The first-order valence-corrected chi connectivity index (χ1v) is 10.6. The van der Waals surface area contributed by atoms with Gasteiger partial charge in [0.15, 0.2) is 0 Å². The molecule has 6 heteroatoms. The minimum atomic E-state index is 0.317. The second kappa shape index (κ2) is 9.15. The lowest BCUT2D eigenvalue weighted by Gasteiger charge is -2.16. The van der Waals surface area contributed by atoms with E-state index in [-0.39, 0.29) is 0 Å². The fourth-order valence-electron chi connectivity index (χ4n) is 2.96. The van der Waals surface area contributed by atoms with Crippen molar-refractivity contribution in [2.45, 2.75) is 46.6 Å². The lowest BCUT2D eigenvalue weighted by atomic mass is 10.0. The molecule has 1 aromatic heterocycles. The molecular formula is C22H29N5S. The van der Waals surface area contributed by atoms with Gasteiger partial charge in [-0.05, 0) is 43.7 Å². The maximum absolute atomic E-state index is 6.48. The quantitative estimate of drug-likeness (QED) is 0.616. The molecule has 0 amide bonds. The van der Waals surface area contributed by atoms with Crippen LogP contribution in [0.15, 0.2) is 47.0 Å². The lowest BCUT2D eigenvalue weighted by Crippen LogP contribution is -2.19. The Morgan fingerprint density at radius 1 is 1.18 bits per heavy atom. The molecule has 2 aromatic rings. The molecule has 0 spiro atoms. The van der Waals surface area contributed by atoms with Gasteiger partial charge in [-0.25, -0.2) is 9.97 Å². The Morgan fingerprint density at radius 3 is 2.64 bits per heavy atom. The van der Waals surface area contributed by atoms with Gasteiger partial charge in [-0.2, -0.15) is 0 Å². The van der Waals surface area contributed by atoms with E-state index in [9.17, 15) is 0 Å². The zero-order chi connectivity index (χ0) is 20.1. The third-order valence-corrected chi connectivity index (χ3v) is 5.56. The number of aromatic nitrogens is 2. The van der Waals surface area contributed by atoms with Crippen molar-refractivity contribution in [2.24, 2.45) is 11.7 Å². The number of nitrogens with zero attached hydrogens (tertiary/aromatic N) is 2. The topological polar surface area (TPSA) is 75.9 Å². The molecule has 28 heavy (non-hydrogen) atoms. The Labute approximate surface area is 171 Å². The van der Waals surface area contributed by atoms with Crippen LogP contribution >= 0.6 is 11.8 Å². The van der Waals surface area contributed by atoms with Gasteiger partial charge in [0.25, 0.3) is 0 Å². The van der Waals surface area contributed by atoms with Gasteiger partial charge in [0.2, 0.25) is 5.95 Å². The molecule has 1 aliphatic heterocycles. The van der Waals surface area contributed by atoms with Crippen molar-refractivity contribution in [3.05, 3.63) is 63.8 Å². The summed E-state index contributed by atoms with van der Waals surface area (Å²) >= 11 is 1.59. The number of aryl methyl sites for hydroxylation is 1. The third kappa shape index (κ3) is 5.07. The lowest BCUT2D eigenvalue weighted by molar-refractivity contribution is 0.526. The van der Waals surface area contributed by atoms with Gasteiger partial charge < -0.3 is 16.4 Å². The largest absolute Gasteiger partial charge is 0.395 e. The molecule has 0 fully saturated rings. The molecule has 5 nitrogen and oxygen atoms in total. The average Bonchev–Trinajstić information content (AvgIpc) is 3.18. The van der Waals surface area contributed by atoms with Gasteiger partial charge in [0.05, 0.1) is 17.1 Å². The minimum Gasteiger partial charge on any atom is -0.395 e. The summed E-state index contributed by atoms with van der Waals surface area (Å²) in [7, 11) is 0. The summed E-state index contributed by atoms with van der Waals surface area (Å²) in [6, 6.07) is 10.5. The van der Waals surface area contributed by atoms with Gasteiger partial charge in [-0.15, -0.1) is 0 Å². The number of hydrogen-bond donors (Lipinski definition) is 3. The van der Waals surface area contributed by atoms with Gasteiger partial charge in [-0.1, -0.05) is 55.9 Å². The van der Waals surface area contributed by atoms with E-state index < -0.39 is 0 Å². The number of thioether (sulfide) groups is 1. The number of nitrogens with two attached hydrogens (primary N) is 1. The van der Waals surface area contributed by atoms with E-state index in [1.54, 1.807) is 11.8 Å². The highest BCUT2D eigenvalue weighted by Crippen LogP contribution is 2.33. The van der Waals surface area contributed by atoms with E-state index in [2.05, 4.69) is 53.9 Å². The van der Waals surface area contributed by atoms with E-state index in [4.69, 9.17) is 10.7 Å². The van der Waals surface area contributed by atoms with Gasteiger partial charge >= 0.3 is 0 Å². The molecular weight excluding hydrogens is 366 g/mol. The third-order valence-electron chi connectivity index (χ3n) is 4.65. The van der Waals surface area contributed by atoms with E-state index in [1.165, 1.54) is 6.42 Å². The first-order valence-electron chi connectivity index (χ1n) is 9.73. The highest BCUT2D eigenvalue weighted by Gasteiger charge is 2.18. The summed E-state index contributed by atoms with van der Waals surface area (Å²) < 4.78 is 0. The predicted molar refractivity (Wildman–Crippen MR) is 120 cm³/mol. The smallest absolute Gasteiger partial charge is 0.223 e. The van der Waals surface area contributed by atoms with Crippen LogP contribution in [0.4, 0.5) is 5.95 Å². The molecule has 148 valence electrons. The summed E-state index contributed by atoms with van der Waals surface area (Å²) in [6.45, 7) is 8.63. The van der Waals surface area contributed by atoms with Crippen LogP contribution in [0, 0.1) is 12.8 Å². The second-order valence-corrected chi connectivity index (χ2v) is 8.50. The van der Waals surface area contributed by atoms with Crippen molar-refractivity contribution in [3.63, 3.8) is 0 Å². The Bertz CT molecular complexity index is 874. The normalized spacial score (nSPS) is 16.5. The summed E-state index contributed by atoms with van der Waals surface area (Å²) in [6.07, 6.45) is 4.09. The van der Waals surface area contributed by atoms with Crippen LogP contribution in [0.1, 0.15) is 50.4 Å². The Balaban J connectivity index is 1.75. The molecule has 0 saturated carbocycles. The maximum Gasteiger partial charge on any atom is 0.223 e. The highest BCUT2D eigenvalue weighted by atomic mass is 32.2. The van der Waals surface area contributed by atoms with Crippen LogP contribution in [-0.4, -0.2) is 16.0 Å². The monoisotopic (exact) mass is 395 g/mol. The fourth-order valence-corrected chi connectivity index (χ4v) is 3.78. The molecule has 0 radical (unpaired) electrons. The van der Waals surface area contributed by atoms with E-state index in [0.29, 0.717) is 23.6 Å². The van der Waals surface area contributed by atoms with E-state index >= 15 is 0 Å². The van der Waals surface area contributed by atoms with E-state index in [0.717, 1.165) is 34.0 Å². The average molecular weight is 396 g/mol. The van der Waals surface area contributed by atoms with Crippen LogP contribution in [0.2, 0.25) is 0 Å². The second-order valence-electron chi connectivity index (χ2n) is 7.63. The van der Waals surface area contributed by atoms with Gasteiger partial charge in [0, 0.05) is 17.6 Å². The molecule has 1 aliphatic rings. The van der Waals surface area contributed by atoms with Crippen molar-refractivity contribution in [1.29, 1.82) is 0 Å². The number of nitrogens with one attached hydrogen (secondary N) is 2. The Morgan fingerprint density at radius 2 is 1.93 bits per heavy atom. The number of benzene rings is 1. The van der Waals surface area contributed by atoms with Crippen LogP contribution in [0.5, 0.6) is 0 Å². The van der Waals surface area contributed by atoms with Crippen molar-refractivity contribution < 1.29 is 0 Å². The summed E-state index contributed by atoms with van der Waals surface area (Å²) in [5, 5.41) is 9.81. The predicted octanol–water partition coefficient (Wildman–Crippen LogP) is 4.94. The zero-order valence-corrected chi connectivity index (χ0v) is 17.8. The molecule has 1 atom stereocenters. The first kappa shape index (κ1) is 20.3. The Kier molecular flexibility index (Phi) is 6.62. The number of anilines is 1. The standard InChI is InChI=1S/C22H29N5S/c1-14(2)10-11-16(4)25-22-24-12-15(3)20(27-22)19(23)21-26-18(13-28-21)17-8-6-5-7-9-17/h5-9,12-14,16,26H,10-11,23H2,1-4H3,(H,24,25,27)/b21-19+. The molecule has 2 heterocycles. The molecule has 3 rings (SSSR count). The maximum atomic E-state index is 6.48. The van der Waals surface area contributed by atoms with Crippen molar-refractivity contribution in [2.75, 3.05) is 5.32 Å². The molecule has 1 aromatic carbocycles. The number of hydrogen-bond acceptors (Lipinski definition) is 6. The Hall–Kier alpha value is -2.47. The zero-order valence-electron chi connectivity index (χ0n) is 17.0. The highest BCUT2D eigenvalue weighted by molar-refractivity contribution is 8.06. The van der Waals surface area contributed by atoms with E-state index in [1.807, 2.05) is 31.3 Å². The van der Waals surface area contributed by atoms with Gasteiger partial charge in [0.1, 0.15) is 5.03 Å². The number of rotatable bonds is 7. The summed E-state index contributed by atoms with van der Waals surface area (Å²) in [5.74, 6) is 1.32. The molecule has 0 saturated heterocycles. The fraction of sp³-hybridized carbons (Fsp3) is 0.364. The molecule has 0 bridgehead atoms. The van der Waals surface area contributed by atoms with Crippen LogP contribution in [0.25, 0.3) is 11.4 Å². The molecule has 1 unspecified atom stereocenters. The molecule has 0 aliphatic carbocycles.